The summed E-state index contributed by atoms with van der Waals surface area (Å²) in [4.78, 5) is 0. The van der Waals surface area contributed by atoms with Gasteiger partial charge in [0, 0.05) is 11.8 Å². The topological polar surface area (TPSA) is 72.4 Å². The van der Waals surface area contributed by atoms with Crippen molar-refractivity contribution in [2.45, 2.75) is 0 Å². The molecular formula is C14H8N4O2. The van der Waals surface area contributed by atoms with E-state index in [9.17, 15) is 0 Å². The van der Waals surface area contributed by atoms with Gasteiger partial charge in [-0.2, -0.15) is 5.26 Å². The van der Waals surface area contributed by atoms with Gasteiger partial charge in [-0.15, -0.1) is 10.2 Å². The smallest absolute Gasteiger partial charge is 0.231 e. The minimum Gasteiger partial charge on any atom is -0.454 e. The van der Waals surface area contributed by atoms with Gasteiger partial charge in [0.1, 0.15) is 6.07 Å². The molecule has 0 amide bonds. The number of fused-ring (bicyclic) bond motifs is 2. The molecule has 3 aromatic rings. The molecule has 0 unspecified atom stereocenters. The minimum absolute atomic E-state index is 0.234. The highest BCUT2D eigenvalue weighted by Gasteiger charge is 2.16. The van der Waals surface area contributed by atoms with Crippen molar-refractivity contribution in [1.29, 1.82) is 5.26 Å². The van der Waals surface area contributed by atoms with Gasteiger partial charge in [-0.3, -0.25) is 4.40 Å². The van der Waals surface area contributed by atoms with Crippen LogP contribution in [-0.4, -0.2) is 21.4 Å². The van der Waals surface area contributed by atoms with Gasteiger partial charge in [0.25, 0.3) is 0 Å². The Morgan fingerprint density at radius 1 is 1.10 bits per heavy atom. The van der Waals surface area contributed by atoms with Crippen molar-refractivity contribution in [1.82, 2.24) is 14.6 Å². The van der Waals surface area contributed by atoms with Gasteiger partial charge in [-0.1, -0.05) is 0 Å². The van der Waals surface area contributed by atoms with E-state index in [2.05, 4.69) is 16.3 Å². The Balaban J connectivity index is 1.92. The first-order chi connectivity index (χ1) is 9.85. The average Bonchev–Trinajstić information content (AvgIpc) is 3.11. The van der Waals surface area contributed by atoms with Gasteiger partial charge >= 0.3 is 0 Å². The summed E-state index contributed by atoms with van der Waals surface area (Å²) in [6.07, 6.45) is 1.72. The molecule has 0 aliphatic carbocycles. The Kier molecular flexibility index (Phi) is 2.14. The number of benzene rings is 1. The van der Waals surface area contributed by atoms with Gasteiger partial charge in [-0.25, -0.2) is 0 Å². The van der Waals surface area contributed by atoms with Crippen molar-refractivity contribution in [3.63, 3.8) is 0 Å². The maximum absolute atomic E-state index is 8.98. The summed E-state index contributed by atoms with van der Waals surface area (Å²) in [7, 11) is 0. The number of rotatable bonds is 1. The maximum Gasteiger partial charge on any atom is 0.231 e. The molecular weight excluding hydrogens is 256 g/mol. The summed E-state index contributed by atoms with van der Waals surface area (Å²) < 4.78 is 12.4. The number of ether oxygens (including phenoxy) is 2. The number of pyridine rings is 1. The molecule has 0 fully saturated rings. The summed E-state index contributed by atoms with van der Waals surface area (Å²) in [5, 5.41) is 17.3. The molecule has 0 radical (unpaired) electrons. The normalized spacial score (nSPS) is 12.6. The highest BCUT2D eigenvalue weighted by molar-refractivity contribution is 5.64. The lowest BCUT2D eigenvalue weighted by atomic mass is 10.2. The van der Waals surface area contributed by atoms with Crippen LogP contribution in [0.4, 0.5) is 0 Å². The average molecular weight is 264 g/mol. The zero-order chi connectivity index (χ0) is 13.5. The maximum atomic E-state index is 8.98. The van der Waals surface area contributed by atoms with Crippen molar-refractivity contribution in [2.75, 3.05) is 6.79 Å². The molecule has 0 saturated heterocycles. The largest absolute Gasteiger partial charge is 0.454 e. The van der Waals surface area contributed by atoms with Gasteiger partial charge in [0.2, 0.25) is 6.79 Å². The molecule has 96 valence electrons. The Morgan fingerprint density at radius 3 is 2.90 bits per heavy atom. The van der Waals surface area contributed by atoms with Crippen LogP contribution in [0.15, 0.2) is 36.5 Å². The van der Waals surface area contributed by atoms with Gasteiger partial charge in [0.15, 0.2) is 23.0 Å². The summed E-state index contributed by atoms with van der Waals surface area (Å²) in [5.41, 5.74) is 2.10. The van der Waals surface area contributed by atoms with Crippen molar-refractivity contribution >= 4 is 5.65 Å². The number of nitrogens with zero attached hydrogens (tertiary/aromatic N) is 4. The minimum atomic E-state index is 0.234. The molecule has 1 aliphatic heterocycles. The van der Waals surface area contributed by atoms with Crippen LogP contribution in [0, 0.1) is 11.3 Å². The van der Waals surface area contributed by atoms with E-state index in [0.29, 0.717) is 22.8 Å². The molecule has 6 nitrogen and oxygen atoms in total. The first-order valence-corrected chi connectivity index (χ1v) is 6.00. The molecule has 3 heterocycles. The SMILES string of the molecule is N#Cc1ccc2nnc(-c3ccc4c(c3)OCO4)n2c1. The van der Waals surface area contributed by atoms with E-state index < -0.39 is 0 Å². The Morgan fingerprint density at radius 2 is 2.00 bits per heavy atom. The van der Waals surface area contributed by atoms with Gasteiger partial charge in [0.05, 0.1) is 5.56 Å². The number of hydrogen-bond acceptors (Lipinski definition) is 5. The third kappa shape index (κ3) is 1.50. The summed E-state index contributed by atoms with van der Waals surface area (Å²) in [6.45, 7) is 0.234. The number of nitriles is 1. The van der Waals surface area contributed by atoms with Crippen LogP contribution in [-0.2, 0) is 0 Å². The zero-order valence-corrected chi connectivity index (χ0v) is 10.3. The van der Waals surface area contributed by atoms with E-state index >= 15 is 0 Å². The van der Waals surface area contributed by atoms with Crippen molar-refractivity contribution in [3.05, 3.63) is 42.1 Å². The predicted octanol–water partition coefficient (Wildman–Crippen LogP) is 2.00. The monoisotopic (exact) mass is 264 g/mol. The fraction of sp³-hybridized carbons (Fsp3) is 0.0714. The van der Waals surface area contributed by atoms with Crippen LogP contribution in [0.25, 0.3) is 17.0 Å². The summed E-state index contributed by atoms with van der Waals surface area (Å²) >= 11 is 0. The van der Waals surface area contributed by atoms with Crippen LogP contribution >= 0.6 is 0 Å². The van der Waals surface area contributed by atoms with Gasteiger partial charge < -0.3 is 9.47 Å². The molecule has 0 spiro atoms. The third-order valence-corrected chi connectivity index (χ3v) is 3.16. The molecule has 0 bridgehead atoms. The molecule has 6 heteroatoms. The lowest BCUT2D eigenvalue weighted by Gasteiger charge is -2.02. The van der Waals surface area contributed by atoms with Crippen LogP contribution in [0.1, 0.15) is 5.56 Å². The van der Waals surface area contributed by atoms with Crippen LogP contribution in [0.3, 0.4) is 0 Å². The second kappa shape index (κ2) is 3.96. The predicted molar refractivity (Wildman–Crippen MR) is 69.3 cm³/mol. The fourth-order valence-electron chi connectivity index (χ4n) is 2.19. The lowest BCUT2D eigenvalue weighted by Crippen LogP contribution is -1.93. The third-order valence-electron chi connectivity index (χ3n) is 3.16. The number of aromatic nitrogens is 3. The lowest BCUT2D eigenvalue weighted by molar-refractivity contribution is 0.174. The van der Waals surface area contributed by atoms with E-state index in [1.165, 1.54) is 0 Å². The molecule has 2 aromatic heterocycles. The molecule has 1 aromatic carbocycles. The first kappa shape index (κ1) is 10.8. The van der Waals surface area contributed by atoms with E-state index in [4.69, 9.17) is 14.7 Å². The van der Waals surface area contributed by atoms with Crippen LogP contribution in [0.5, 0.6) is 11.5 Å². The standard InChI is InChI=1S/C14H8N4O2/c15-6-9-1-4-13-16-17-14(18(13)7-9)10-2-3-11-12(5-10)20-8-19-11/h1-5,7H,8H2. The van der Waals surface area contributed by atoms with E-state index in [1.807, 2.05) is 18.2 Å². The van der Waals surface area contributed by atoms with Gasteiger partial charge in [-0.05, 0) is 30.3 Å². The van der Waals surface area contributed by atoms with Crippen LogP contribution in [0.2, 0.25) is 0 Å². The molecule has 20 heavy (non-hydrogen) atoms. The Hall–Kier alpha value is -3.07. The summed E-state index contributed by atoms with van der Waals surface area (Å²) in [5.74, 6) is 2.08. The van der Waals surface area contributed by atoms with E-state index in [0.717, 1.165) is 11.3 Å². The van der Waals surface area contributed by atoms with Crippen molar-refractivity contribution in [3.8, 4) is 29.0 Å². The quantitative estimate of drug-likeness (QED) is 0.672. The fourth-order valence-corrected chi connectivity index (χ4v) is 2.19. The second-order valence-electron chi connectivity index (χ2n) is 4.35. The zero-order valence-electron chi connectivity index (χ0n) is 10.3. The molecule has 4 rings (SSSR count). The highest BCUT2D eigenvalue weighted by atomic mass is 16.7. The first-order valence-electron chi connectivity index (χ1n) is 6.00. The summed E-state index contributed by atoms with van der Waals surface area (Å²) in [6, 6.07) is 11.2. The van der Waals surface area contributed by atoms with Crippen molar-refractivity contribution in [2.24, 2.45) is 0 Å². The van der Waals surface area contributed by atoms with Crippen LogP contribution < -0.4 is 9.47 Å². The molecule has 0 atom stereocenters. The molecule has 1 aliphatic rings. The van der Waals surface area contributed by atoms with Crippen molar-refractivity contribution < 1.29 is 9.47 Å². The van der Waals surface area contributed by atoms with E-state index in [1.54, 1.807) is 22.7 Å². The Bertz CT molecular complexity index is 863. The second-order valence-corrected chi connectivity index (χ2v) is 4.35. The number of hydrogen-bond donors (Lipinski definition) is 0. The Labute approximate surface area is 113 Å². The highest BCUT2D eigenvalue weighted by Crippen LogP contribution is 2.35. The molecule has 0 N–H and O–H groups in total. The van der Waals surface area contributed by atoms with E-state index in [-0.39, 0.29) is 6.79 Å². The molecule has 0 saturated carbocycles.